The van der Waals surface area contributed by atoms with Crippen molar-refractivity contribution in [2.45, 2.75) is 19.8 Å². The molecular weight excluding hydrogens is 494 g/mol. The molecule has 0 spiro atoms. The lowest BCUT2D eigenvalue weighted by Crippen LogP contribution is -2.48. The van der Waals surface area contributed by atoms with E-state index in [1.54, 1.807) is 19.3 Å². The maximum absolute atomic E-state index is 12.4. The largest absolute Gasteiger partial charge is 0.496 e. The quantitative estimate of drug-likeness (QED) is 0.509. The summed E-state index contributed by atoms with van der Waals surface area (Å²) in [6.45, 7) is 4.87. The molecule has 1 aliphatic rings. The van der Waals surface area contributed by atoms with E-state index in [2.05, 4.69) is 26.1 Å². The van der Waals surface area contributed by atoms with E-state index in [0.29, 0.717) is 36.0 Å². The van der Waals surface area contributed by atoms with Crippen LogP contribution in [0.4, 0.5) is 11.4 Å². The molecule has 0 bridgehead atoms. The number of carbonyl (C=O) groups is 2. The zero-order valence-corrected chi connectivity index (χ0v) is 20.6. The van der Waals surface area contributed by atoms with Crippen LogP contribution in [0, 0.1) is 0 Å². The van der Waals surface area contributed by atoms with E-state index < -0.39 is 0 Å². The second-order valence-electron chi connectivity index (χ2n) is 7.49. The number of methoxy groups -OCH3 is 1. The summed E-state index contributed by atoms with van der Waals surface area (Å²) in [7, 11) is 1.59. The lowest BCUT2D eigenvalue weighted by molar-refractivity contribution is -0.131. The second kappa shape index (κ2) is 11.4. The Morgan fingerprint density at radius 1 is 1.16 bits per heavy atom. The van der Waals surface area contributed by atoms with Crippen LogP contribution in [-0.4, -0.2) is 50.0 Å². The molecule has 170 valence electrons. The molecule has 2 amide bonds. The van der Waals surface area contributed by atoms with Crippen molar-refractivity contribution in [1.82, 2.24) is 4.90 Å². The first-order valence-corrected chi connectivity index (χ1v) is 11.7. The molecule has 0 saturated carbocycles. The standard InChI is InChI=1S/C24H27BrClN3O3/c1-3-4-24(31)29-13-11-28(12-14-29)21-8-7-19(16-20(21)26)27-23(30)10-5-17-15-18(25)6-9-22(17)32-2/h5-10,15-16H,3-4,11-14H2,1-2H3,(H,27,30)/b10-5+. The highest BCUT2D eigenvalue weighted by Gasteiger charge is 2.22. The Labute approximate surface area is 202 Å². The van der Waals surface area contributed by atoms with Crippen LogP contribution in [-0.2, 0) is 9.59 Å². The van der Waals surface area contributed by atoms with E-state index in [4.69, 9.17) is 16.3 Å². The molecule has 8 heteroatoms. The predicted octanol–water partition coefficient (Wildman–Crippen LogP) is 5.21. The Hall–Kier alpha value is -2.51. The number of hydrogen-bond acceptors (Lipinski definition) is 4. The number of amides is 2. The number of nitrogens with one attached hydrogen (secondary N) is 1. The normalized spacial score (nSPS) is 14.0. The molecule has 3 rings (SSSR count). The van der Waals surface area contributed by atoms with Crippen LogP contribution < -0.4 is 15.0 Å². The molecule has 1 N–H and O–H groups in total. The highest BCUT2D eigenvalue weighted by molar-refractivity contribution is 9.10. The number of halogens is 2. The highest BCUT2D eigenvalue weighted by Crippen LogP contribution is 2.30. The van der Waals surface area contributed by atoms with Crippen LogP contribution in [0.3, 0.4) is 0 Å². The van der Waals surface area contributed by atoms with Gasteiger partial charge in [-0.05, 0) is 48.9 Å². The number of carbonyl (C=O) groups excluding carboxylic acids is 2. The fraction of sp³-hybridized carbons (Fsp3) is 0.333. The molecule has 0 unspecified atom stereocenters. The maximum atomic E-state index is 12.4. The lowest BCUT2D eigenvalue weighted by Gasteiger charge is -2.36. The van der Waals surface area contributed by atoms with E-state index in [9.17, 15) is 9.59 Å². The van der Waals surface area contributed by atoms with Crippen LogP contribution in [0.2, 0.25) is 5.02 Å². The maximum Gasteiger partial charge on any atom is 0.248 e. The van der Waals surface area contributed by atoms with E-state index in [1.165, 1.54) is 6.08 Å². The van der Waals surface area contributed by atoms with Crippen molar-refractivity contribution in [2.75, 3.05) is 43.5 Å². The molecule has 0 aromatic heterocycles. The average molecular weight is 521 g/mol. The van der Waals surface area contributed by atoms with Crippen molar-refractivity contribution in [1.29, 1.82) is 0 Å². The number of nitrogens with zero attached hydrogens (tertiary/aromatic N) is 2. The summed E-state index contributed by atoms with van der Waals surface area (Å²) in [5, 5.41) is 3.40. The van der Waals surface area contributed by atoms with Gasteiger partial charge in [0, 0.05) is 54.4 Å². The minimum Gasteiger partial charge on any atom is -0.496 e. The van der Waals surface area contributed by atoms with Gasteiger partial charge in [-0.3, -0.25) is 9.59 Å². The van der Waals surface area contributed by atoms with Crippen molar-refractivity contribution in [2.24, 2.45) is 0 Å². The van der Waals surface area contributed by atoms with Gasteiger partial charge in [-0.25, -0.2) is 0 Å². The third-order valence-corrected chi connectivity index (χ3v) is 6.05. The summed E-state index contributed by atoms with van der Waals surface area (Å²) in [5.74, 6) is 0.630. The topological polar surface area (TPSA) is 61.9 Å². The van der Waals surface area contributed by atoms with E-state index in [0.717, 1.165) is 35.2 Å². The Morgan fingerprint density at radius 3 is 2.56 bits per heavy atom. The number of benzene rings is 2. The third kappa shape index (κ3) is 6.26. The second-order valence-corrected chi connectivity index (χ2v) is 8.82. The van der Waals surface area contributed by atoms with Crippen molar-refractivity contribution in [3.63, 3.8) is 0 Å². The van der Waals surface area contributed by atoms with Crippen molar-refractivity contribution < 1.29 is 14.3 Å². The van der Waals surface area contributed by atoms with E-state index >= 15 is 0 Å². The minimum absolute atomic E-state index is 0.213. The number of anilines is 2. The first-order valence-electron chi connectivity index (χ1n) is 10.6. The molecule has 1 heterocycles. The molecule has 6 nitrogen and oxygen atoms in total. The molecule has 32 heavy (non-hydrogen) atoms. The fourth-order valence-corrected chi connectivity index (χ4v) is 4.27. The number of hydrogen-bond donors (Lipinski definition) is 1. The molecule has 1 saturated heterocycles. The molecule has 1 fully saturated rings. The van der Waals surface area contributed by atoms with Gasteiger partial charge >= 0.3 is 0 Å². The van der Waals surface area contributed by atoms with Crippen LogP contribution in [0.1, 0.15) is 25.3 Å². The summed E-state index contributed by atoms with van der Waals surface area (Å²) in [6, 6.07) is 11.1. The first kappa shape index (κ1) is 24.1. The van der Waals surface area contributed by atoms with Gasteiger partial charge in [-0.15, -0.1) is 0 Å². The van der Waals surface area contributed by atoms with E-state index in [-0.39, 0.29) is 11.8 Å². The zero-order valence-electron chi connectivity index (χ0n) is 18.2. The van der Waals surface area contributed by atoms with Gasteiger partial charge in [0.15, 0.2) is 0 Å². The minimum atomic E-state index is -0.265. The molecule has 2 aromatic carbocycles. The van der Waals surface area contributed by atoms with Gasteiger partial charge in [0.25, 0.3) is 0 Å². The van der Waals surface area contributed by atoms with Crippen LogP contribution in [0.5, 0.6) is 5.75 Å². The van der Waals surface area contributed by atoms with Gasteiger partial charge in [-0.1, -0.05) is 34.5 Å². The SMILES string of the molecule is CCCC(=O)N1CCN(c2ccc(NC(=O)/C=C/c3cc(Br)ccc3OC)cc2Cl)CC1. The van der Waals surface area contributed by atoms with E-state index in [1.807, 2.05) is 42.2 Å². The van der Waals surface area contributed by atoms with Gasteiger partial charge in [0.2, 0.25) is 11.8 Å². The highest BCUT2D eigenvalue weighted by atomic mass is 79.9. The molecular formula is C24H27BrClN3O3. The summed E-state index contributed by atoms with van der Waals surface area (Å²) >= 11 is 9.93. The summed E-state index contributed by atoms with van der Waals surface area (Å²) in [6.07, 6.45) is 4.62. The summed E-state index contributed by atoms with van der Waals surface area (Å²) in [5.41, 5.74) is 2.31. The number of rotatable bonds is 7. The predicted molar refractivity (Wildman–Crippen MR) is 134 cm³/mol. The van der Waals surface area contributed by atoms with Crippen molar-refractivity contribution in [3.8, 4) is 5.75 Å². The Morgan fingerprint density at radius 2 is 1.91 bits per heavy atom. The third-order valence-electron chi connectivity index (χ3n) is 5.26. The Bertz CT molecular complexity index is 1000. The summed E-state index contributed by atoms with van der Waals surface area (Å²) in [4.78, 5) is 28.5. The van der Waals surface area contributed by atoms with Gasteiger partial charge in [-0.2, -0.15) is 0 Å². The van der Waals surface area contributed by atoms with Crippen molar-refractivity contribution >= 4 is 56.8 Å². The molecule has 0 atom stereocenters. The van der Waals surface area contributed by atoms with Crippen LogP contribution in [0.15, 0.2) is 46.9 Å². The van der Waals surface area contributed by atoms with Gasteiger partial charge in [0.1, 0.15) is 5.75 Å². The van der Waals surface area contributed by atoms with Gasteiger partial charge in [0.05, 0.1) is 17.8 Å². The first-order chi connectivity index (χ1) is 15.4. The Kier molecular flexibility index (Phi) is 8.59. The number of piperazine rings is 1. The molecule has 0 aliphatic carbocycles. The molecule has 0 radical (unpaired) electrons. The monoisotopic (exact) mass is 519 g/mol. The summed E-state index contributed by atoms with van der Waals surface area (Å²) < 4.78 is 6.22. The van der Waals surface area contributed by atoms with Crippen LogP contribution >= 0.6 is 27.5 Å². The van der Waals surface area contributed by atoms with Crippen molar-refractivity contribution in [3.05, 3.63) is 57.5 Å². The molecule has 2 aromatic rings. The fourth-order valence-electron chi connectivity index (χ4n) is 3.59. The number of ether oxygens (including phenoxy) is 1. The lowest BCUT2D eigenvalue weighted by atomic mass is 10.2. The Balaban J connectivity index is 1.60. The van der Waals surface area contributed by atoms with Gasteiger partial charge < -0.3 is 19.9 Å². The molecule has 1 aliphatic heterocycles. The zero-order chi connectivity index (χ0) is 23.1. The smallest absolute Gasteiger partial charge is 0.248 e. The average Bonchev–Trinajstić information content (AvgIpc) is 2.78. The van der Waals surface area contributed by atoms with Crippen LogP contribution in [0.25, 0.3) is 6.08 Å².